The molecule has 1 nitrogen and oxygen atoms in total. The summed E-state index contributed by atoms with van der Waals surface area (Å²) in [6, 6.07) is 8.72. The molecule has 78 valence electrons. The summed E-state index contributed by atoms with van der Waals surface area (Å²) in [5.41, 5.74) is 1.41. The molecule has 0 unspecified atom stereocenters. The van der Waals surface area contributed by atoms with Gasteiger partial charge in [0.15, 0.2) is 0 Å². The third-order valence-electron chi connectivity index (χ3n) is 1.82. The van der Waals surface area contributed by atoms with E-state index in [0.29, 0.717) is 0 Å². The first kappa shape index (κ1) is 12.3. The highest BCUT2D eigenvalue weighted by Crippen LogP contribution is 2.14. The minimum Gasteiger partial charge on any atom is -0.385 e. The Morgan fingerprint density at radius 3 is 2.64 bits per heavy atom. The Kier molecular flexibility index (Phi) is 6.64. The van der Waals surface area contributed by atoms with Crippen LogP contribution in [0.2, 0.25) is 0 Å². The van der Waals surface area contributed by atoms with Crippen LogP contribution in [-0.4, -0.2) is 19.5 Å². The molecule has 0 aromatic heterocycles. The van der Waals surface area contributed by atoms with E-state index in [1.165, 1.54) is 14.9 Å². The van der Waals surface area contributed by atoms with Gasteiger partial charge >= 0.3 is 0 Å². The summed E-state index contributed by atoms with van der Waals surface area (Å²) in [5, 5.41) is 0. The van der Waals surface area contributed by atoms with Crippen molar-refractivity contribution >= 4 is 34.4 Å². The normalized spacial score (nSPS) is 10.4. The third-order valence-corrected chi connectivity index (χ3v) is 3.65. The van der Waals surface area contributed by atoms with Crippen molar-refractivity contribution in [2.45, 2.75) is 12.2 Å². The second-order valence-electron chi connectivity index (χ2n) is 3.03. The Morgan fingerprint density at radius 1 is 1.29 bits per heavy atom. The monoisotopic (exact) mass is 322 g/mol. The third kappa shape index (κ3) is 5.22. The van der Waals surface area contributed by atoms with Gasteiger partial charge in [-0.25, -0.2) is 0 Å². The fourth-order valence-electron chi connectivity index (χ4n) is 1.08. The van der Waals surface area contributed by atoms with Gasteiger partial charge in [0.25, 0.3) is 0 Å². The summed E-state index contributed by atoms with van der Waals surface area (Å²) < 4.78 is 6.30. The zero-order valence-electron chi connectivity index (χ0n) is 8.33. The van der Waals surface area contributed by atoms with Gasteiger partial charge < -0.3 is 4.74 Å². The van der Waals surface area contributed by atoms with Gasteiger partial charge in [-0.05, 0) is 52.5 Å². The van der Waals surface area contributed by atoms with Crippen LogP contribution in [0.1, 0.15) is 12.0 Å². The van der Waals surface area contributed by atoms with E-state index in [-0.39, 0.29) is 0 Å². The molecule has 0 saturated heterocycles. The minimum atomic E-state index is 0.875. The van der Waals surface area contributed by atoms with E-state index < -0.39 is 0 Å². The Balaban J connectivity index is 2.15. The van der Waals surface area contributed by atoms with Crippen molar-refractivity contribution in [3.8, 4) is 0 Å². The van der Waals surface area contributed by atoms with Crippen LogP contribution in [0.3, 0.4) is 0 Å². The van der Waals surface area contributed by atoms with Crippen LogP contribution in [0, 0.1) is 3.57 Å². The van der Waals surface area contributed by atoms with Crippen LogP contribution in [0.4, 0.5) is 0 Å². The predicted molar refractivity (Wildman–Crippen MR) is 71.8 cm³/mol. The van der Waals surface area contributed by atoms with E-state index in [9.17, 15) is 0 Å². The first-order valence-corrected chi connectivity index (χ1v) is 6.87. The first-order chi connectivity index (χ1) is 6.83. The van der Waals surface area contributed by atoms with Crippen molar-refractivity contribution in [3.05, 3.63) is 33.4 Å². The van der Waals surface area contributed by atoms with Gasteiger partial charge in [0.1, 0.15) is 0 Å². The smallest absolute Gasteiger partial charge is 0.0470 e. The van der Waals surface area contributed by atoms with Crippen LogP contribution in [0.5, 0.6) is 0 Å². The quantitative estimate of drug-likeness (QED) is 0.585. The lowest BCUT2D eigenvalue weighted by Gasteiger charge is -2.01. The van der Waals surface area contributed by atoms with Crippen molar-refractivity contribution in [3.63, 3.8) is 0 Å². The minimum absolute atomic E-state index is 0.875. The Labute approximate surface area is 104 Å². The summed E-state index contributed by atoms with van der Waals surface area (Å²) in [6.07, 6.45) is 1.14. The van der Waals surface area contributed by atoms with Gasteiger partial charge in [0.05, 0.1) is 0 Å². The molecule has 0 bridgehead atoms. The Bertz CT molecular complexity index is 248. The molecule has 0 heterocycles. The molecular weight excluding hydrogens is 307 g/mol. The van der Waals surface area contributed by atoms with Crippen LogP contribution in [-0.2, 0) is 10.5 Å². The van der Waals surface area contributed by atoms with E-state index in [0.717, 1.165) is 18.8 Å². The summed E-state index contributed by atoms with van der Waals surface area (Å²) in [6.45, 7) is 0.875. The average Bonchev–Trinajstić information content (AvgIpc) is 2.21. The molecular formula is C11H15IOS. The van der Waals surface area contributed by atoms with Crippen LogP contribution in [0.25, 0.3) is 0 Å². The standard InChI is InChI=1S/C11H15IOS/c1-13-7-2-8-14-9-10-3-5-11(12)6-4-10/h3-6H,2,7-9H2,1H3. The molecule has 3 heteroatoms. The molecule has 0 fully saturated rings. The lowest BCUT2D eigenvalue weighted by Crippen LogP contribution is -1.91. The second kappa shape index (κ2) is 7.54. The molecule has 0 radical (unpaired) electrons. The zero-order valence-corrected chi connectivity index (χ0v) is 11.3. The number of rotatable bonds is 6. The number of hydrogen-bond donors (Lipinski definition) is 0. The van der Waals surface area contributed by atoms with Gasteiger partial charge in [-0.2, -0.15) is 11.8 Å². The number of thioether (sulfide) groups is 1. The molecule has 0 aliphatic rings. The molecule has 0 N–H and O–H groups in total. The molecule has 0 aliphatic carbocycles. The van der Waals surface area contributed by atoms with Gasteiger partial charge in [-0.15, -0.1) is 0 Å². The Morgan fingerprint density at radius 2 is 2.00 bits per heavy atom. The molecule has 14 heavy (non-hydrogen) atoms. The van der Waals surface area contributed by atoms with Crippen molar-refractivity contribution in [2.75, 3.05) is 19.5 Å². The summed E-state index contributed by atoms with van der Waals surface area (Å²) in [5.74, 6) is 2.29. The molecule has 0 aliphatic heterocycles. The number of ether oxygens (including phenoxy) is 1. The van der Waals surface area contributed by atoms with E-state index >= 15 is 0 Å². The maximum Gasteiger partial charge on any atom is 0.0470 e. The van der Waals surface area contributed by atoms with Crippen molar-refractivity contribution in [1.82, 2.24) is 0 Å². The SMILES string of the molecule is COCCCSCc1ccc(I)cc1. The van der Waals surface area contributed by atoms with Gasteiger partial charge in [-0.3, -0.25) is 0 Å². The zero-order chi connectivity index (χ0) is 10.2. The lowest BCUT2D eigenvalue weighted by molar-refractivity contribution is 0.200. The molecule has 1 aromatic rings. The molecule has 0 spiro atoms. The predicted octanol–water partition coefficient (Wildman–Crippen LogP) is 3.56. The van der Waals surface area contributed by atoms with Gasteiger partial charge in [0, 0.05) is 23.0 Å². The van der Waals surface area contributed by atoms with Crippen LogP contribution < -0.4 is 0 Å². The largest absolute Gasteiger partial charge is 0.385 e. The summed E-state index contributed by atoms with van der Waals surface area (Å²) in [4.78, 5) is 0. The van der Waals surface area contributed by atoms with Crippen LogP contribution >= 0.6 is 34.4 Å². The summed E-state index contributed by atoms with van der Waals surface area (Å²) in [7, 11) is 1.75. The fraction of sp³-hybridized carbons (Fsp3) is 0.455. The van der Waals surface area contributed by atoms with E-state index in [1.807, 2.05) is 11.8 Å². The van der Waals surface area contributed by atoms with Crippen LogP contribution in [0.15, 0.2) is 24.3 Å². The number of hydrogen-bond acceptors (Lipinski definition) is 2. The summed E-state index contributed by atoms with van der Waals surface area (Å²) >= 11 is 4.30. The van der Waals surface area contributed by atoms with Crippen molar-refractivity contribution < 1.29 is 4.74 Å². The molecule has 1 aromatic carbocycles. The number of halogens is 1. The van der Waals surface area contributed by atoms with E-state index in [2.05, 4.69) is 46.9 Å². The number of methoxy groups -OCH3 is 1. The second-order valence-corrected chi connectivity index (χ2v) is 5.38. The van der Waals surface area contributed by atoms with Gasteiger partial charge in [-0.1, -0.05) is 12.1 Å². The van der Waals surface area contributed by atoms with E-state index in [1.54, 1.807) is 7.11 Å². The molecule has 0 amide bonds. The first-order valence-electron chi connectivity index (χ1n) is 4.64. The lowest BCUT2D eigenvalue weighted by atomic mass is 10.2. The number of benzene rings is 1. The average molecular weight is 322 g/mol. The van der Waals surface area contributed by atoms with E-state index in [4.69, 9.17) is 4.74 Å². The van der Waals surface area contributed by atoms with Crippen molar-refractivity contribution in [2.24, 2.45) is 0 Å². The van der Waals surface area contributed by atoms with Crippen molar-refractivity contribution in [1.29, 1.82) is 0 Å². The maximum atomic E-state index is 5.00. The Hall–Kier alpha value is 0.260. The maximum absolute atomic E-state index is 5.00. The molecule has 0 saturated carbocycles. The van der Waals surface area contributed by atoms with Gasteiger partial charge in [0.2, 0.25) is 0 Å². The fourth-order valence-corrected chi connectivity index (χ4v) is 2.33. The molecule has 1 rings (SSSR count). The highest BCUT2D eigenvalue weighted by molar-refractivity contribution is 14.1. The highest BCUT2D eigenvalue weighted by Gasteiger charge is 1.93. The topological polar surface area (TPSA) is 9.23 Å². The highest BCUT2D eigenvalue weighted by atomic mass is 127. The molecule has 0 atom stereocenters.